The minimum atomic E-state index is -0.884. The molecular formula is C16H19ClO2. The van der Waals surface area contributed by atoms with Crippen LogP contribution in [0.1, 0.15) is 36.5 Å². The number of rotatable bonds is 4. The Morgan fingerprint density at radius 2 is 1.79 bits per heavy atom. The highest BCUT2D eigenvalue weighted by atomic mass is 35.5. The maximum Gasteiger partial charge on any atom is 0.335 e. The number of unbranched alkanes of at least 4 members (excludes halogenated alkanes) is 2. The number of carboxylic acids is 1. The quantitative estimate of drug-likeness (QED) is 0.634. The van der Waals surface area contributed by atoms with Crippen LogP contribution in [0.25, 0.3) is 10.8 Å². The van der Waals surface area contributed by atoms with Crippen LogP contribution in [0.15, 0.2) is 42.5 Å². The third-order valence-corrected chi connectivity index (χ3v) is 3.00. The van der Waals surface area contributed by atoms with E-state index in [1.54, 1.807) is 12.1 Å². The zero-order valence-electron chi connectivity index (χ0n) is 11.1. The molecule has 0 spiro atoms. The topological polar surface area (TPSA) is 37.3 Å². The average Bonchev–Trinajstić information content (AvgIpc) is 2.45. The van der Waals surface area contributed by atoms with Crippen molar-refractivity contribution in [3.63, 3.8) is 0 Å². The van der Waals surface area contributed by atoms with Gasteiger partial charge >= 0.3 is 5.97 Å². The minimum absolute atomic E-state index is 0.332. The highest BCUT2D eigenvalue weighted by molar-refractivity contribution is 6.17. The van der Waals surface area contributed by atoms with Crippen molar-refractivity contribution in [1.29, 1.82) is 0 Å². The van der Waals surface area contributed by atoms with Gasteiger partial charge in [-0.3, -0.25) is 0 Å². The van der Waals surface area contributed by atoms with Gasteiger partial charge in [0.15, 0.2) is 0 Å². The van der Waals surface area contributed by atoms with Crippen LogP contribution >= 0.6 is 11.6 Å². The molecule has 19 heavy (non-hydrogen) atoms. The summed E-state index contributed by atoms with van der Waals surface area (Å²) >= 11 is 5.38. The maximum atomic E-state index is 10.6. The molecule has 0 aliphatic rings. The summed E-state index contributed by atoms with van der Waals surface area (Å²) in [5.41, 5.74) is 0.332. The average molecular weight is 279 g/mol. The van der Waals surface area contributed by atoms with Gasteiger partial charge in [0.1, 0.15) is 0 Å². The van der Waals surface area contributed by atoms with Gasteiger partial charge in [-0.2, -0.15) is 0 Å². The van der Waals surface area contributed by atoms with Crippen LogP contribution in [0.2, 0.25) is 0 Å². The first-order valence-electron chi connectivity index (χ1n) is 6.47. The molecule has 0 aliphatic carbocycles. The molecule has 0 saturated carbocycles. The van der Waals surface area contributed by atoms with Gasteiger partial charge in [-0.15, -0.1) is 11.6 Å². The molecule has 0 aliphatic heterocycles. The van der Waals surface area contributed by atoms with Crippen molar-refractivity contribution in [2.45, 2.75) is 26.2 Å². The molecule has 2 aromatic rings. The molecule has 0 heterocycles. The van der Waals surface area contributed by atoms with Crippen LogP contribution in [-0.2, 0) is 0 Å². The molecule has 3 heteroatoms. The van der Waals surface area contributed by atoms with Gasteiger partial charge in [-0.1, -0.05) is 50.1 Å². The van der Waals surface area contributed by atoms with E-state index in [2.05, 4.69) is 6.92 Å². The summed E-state index contributed by atoms with van der Waals surface area (Å²) in [4.78, 5) is 10.6. The van der Waals surface area contributed by atoms with Crippen LogP contribution in [0.5, 0.6) is 0 Å². The summed E-state index contributed by atoms with van der Waals surface area (Å²) in [6, 6.07) is 12.8. The molecule has 0 amide bonds. The molecule has 0 aromatic heterocycles. The summed E-state index contributed by atoms with van der Waals surface area (Å²) in [6.07, 6.45) is 3.73. The van der Waals surface area contributed by atoms with Gasteiger partial charge in [0.05, 0.1) is 5.56 Å². The zero-order chi connectivity index (χ0) is 14.1. The van der Waals surface area contributed by atoms with E-state index in [-0.39, 0.29) is 0 Å². The Kier molecular flexibility index (Phi) is 6.98. The number of carbonyl (C=O) groups is 1. The molecule has 2 aromatic carbocycles. The molecule has 0 unspecified atom stereocenters. The molecule has 0 bridgehead atoms. The molecular weight excluding hydrogens is 260 g/mol. The number of aromatic carboxylic acids is 1. The Balaban J connectivity index is 0.000000258. The Labute approximate surface area is 119 Å². The van der Waals surface area contributed by atoms with Crippen molar-refractivity contribution < 1.29 is 9.90 Å². The highest BCUT2D eigenvalue weighted by Gasteiger charge is 2.01. The number of halogens is 1. The lowest BCUT2D eigenvalue weighted by molar-refractivity contribution is 0.0697. The predicted molar refractivity (Wildman–Crippen MR) is 81.2 cm³/mol. The Hall–Kier alpha value is -1.54. The first-order valence-corrected chi connectivity index (χ1v) is 7.00. The Bertz CT molecular complexity index is 519. The van der Waals surface area contributed by atoms with E-state index in [9.17, 15) is 4.79 Å². The Morgan fingerprint density at radius 3 is 2.32 bits per heavy atom. The van der Waals surface area contributed by atoms with Gasteiger partial charge in [-0.25, -0.2) is 4.79 Å². The van der Waals surface area contributed by atoms with E-state index in [0.717, 1.165) is 16.7 Å². The lowest BCUT2D eigenvalue weighted by atomic mass is 10.1. The second kappa shape index (κ2) is 8.54. The van der Waals surface area contributed by atoms with Gasteiger partial charge in [0.2, 0.25) is 0 Å². The first-order chi connectivity index (χ1) is 9.19. The lowest BCUT2D eigenvalue weighted by Gasteiger charge is -1.98. The highest BCUT2D eigenvalue weighted by Crippen LogP contribution is 2.15. The first kappa shape index (κ1) is 15.5. The zero-order valence-corrected chi connectivity index (χ0v) is 11.9. The normalized spacial score (nSPS) is 9.79. The SMILES string of the molecule is CCCCCCl.O=C(O)c1ccc2ccccc2c1. The fourth-order valence-electron chi connectivity index (χ4n) is 1.67. The third-order valence-electron chi connectivity index (χ3n) is 2.73. The Morgan fingerprint density at radius 1 is 1.11 bits per heavy atom. The molecule has 2 nitrogen and oxygen atoms in total. The van der Waals surface area contributed by atoms with E-state index >= 15 is 0 Å². The van der Waals surface area contributed by atoms with Crippen molar-refractivity contribution in [2.24, 2.45) is 0 Å². The second-order valence-electron chi connectivity index (χ2n) is 4.26. The smallest absolute Gasteiger partial charge is 0.335 e. The van der Waals surface area contributed by atoms with Gasteiger partial charge in [-0.05, 0) is 29.3 Å². The second-order valence-corrected chi connectivity index (χ2v) is 4.64. The van der Waals surface area contributed by atoms with Crippen molar-refractivity contribution in [3.05, 3.63) is 48.0 Å². The van der Waals surface area contributed by atoms with Crippen molar-refractivity contribution in [3.8, 4) is 0 Å². The summed E-state index contributed by atoms with van der Waals surface area (Å²) in [7, 11) is 0. The summed E-state index contributed by atoms with van der Waals surface area (Å²) in [5, 5.41) is 10.8. The van der Waals surface area contributed by atoms with Crippen LogP contribution in [0, 0.1) is 0 Å². The fourth-order valence-corrected chi connectivity index (χ4v) is 1.86. The van der Waals surface area contributed by atoms with Gasteiger partial charge < -0.3 is 5.11 Å². The van der Waals surface area contributed by atoms with Crippen LogP contribution in [-0.4, -0.2) is 17.0 Å². The van der Waals surface area contributed by atoms with E-state index in [0.29, 0.717) is 5.56 Å². The van der Waals surface area contributed by atoms with Crippen molar-refractivity contribution >= 4 is 28.3 Å². The van der Waals surface area contributed by atoms with Gasteiger partial charge in [0, 0.05) is 5.88 Å². The minimum Gasteiger partial charge on any atom is -0.478 e. The largest absolute Gasteiger partial charge is 0.478 e. The summed E-state index contributed by atoms with van der Waals surface area (Å²) in [5.74, 6) is -0.0563. The van der Waals surface area contributed by atoms with E-state index in [4.69, 9.17) is 16.7 Å². The fraction of sp³-hybridized carbons (Fsp3) is 0.312. The van der Waals surface area contributed by atoms with Crippen molar-refractivity contribution in [2.75, 3.05) is 5.88 Å². The number of alkyl halides is 1. The molecule has 2 rings (SSSR count). The molecule has 0 atom stereocenters. The molecule has 102 valence electrons. The maximum absolute atomic E-state index is 10.6. The van der Waals surface area contributed by atoms with Crippen LogP contribution in [0.4, 0.5) is 0 Å². The molecule has 0 saturated heterocycles. The number of fused-ring (bicyclic) bond motifs is 1. The van der Waals surface area contributed by atoms with Gasteiger partial charge in [0.25, 0.3) is 0 Å². The van der Waals surface area contributed by atoms with E-state index < -0.39 is 5.97 Å². The molecule has 1 N–H and O–H groups in total. The molecule has 0 fully saturated rings. The monoisotopic (exact) mass is 278 g/mol. The lowest BCUT2D eigenvalue weighted by Crippen LogP contribution is -1.94. The van der Waals surface area contributed by atoms with Crippen molar-refractivity contribution in [1.82, 2.24) is 0 Å². The predicted octanol–water partition coefficient (Wildman–Crippen LogP) is 4.95. The molecule has 0 radical (unpaired) electrons. The van der Waals surface area contributed by atoms with Crippen LogP contribution in [0.3, 0.4) is 0 Å². The number of hydrogen-bond donors (Lipinski definition) is 1. The van der Waals surface area contributed by atoms with Crippen LogP contribution < -0.4 is 0 Å². The van der Waals surface area contributed by atoms with E-state index in [1.807, 2.05) is 30.3 Å². The summed E-state index contributed by atoms with van der Waals surface area (Å²) in [6.45, 7) is 2.17. The summed E-state index contributed by atoms with van der Waals surface area (Å²) < 4.78 is 0. The van der Waals surface area contributed by atoms with E-state index in [1.165, 1.54) is 19.3 Å². The standard InChI is InChI=1S/C11H8O2.C5H11Cl/c12-11(13)10-6-5-8-3-1-2-4-9(8)7-10;1-2-3-4-5-6/h1-7H,(H,12,13);2-5H2,1H3. The third kappa shape index (κ3) is 5.31. The number of hydrogen-bond acceptors (Lipinski definition) is 1. The number of carboxylic acid groups (broad SMARTS) is 1. The number of benzene rings is 2.